The van der Waals surface area contributed by atoms with Gasteiger partial charge in [-0.15, -0.1) is 0 Å². The summed E-state index contributed by atoms with van der Waals surface area (Å²) in [5.41, 5.74) is -0.810. The van der Waals surface area contributed by atoms with Gasteiger partial charge in [-0.05, 0) is 51.7 Å². The number of aliphatic hydroxyl groups excluding tert-OH is 1. The fourth-order valence-corrected chi connectivity index (χ4v) is 3.31. The summed E-state index contributed by atoms with van der Waals surface area (Å²) in [5, 5.41) is 10.8. The van der Waals surface area contributed by atoms with E-state index in [1.54, 1.807) is 20.8 Å². The topological polar surface area (TPSA) is 86.7 Å². The van der Waals surface area contributed by atoms with Gasteiger partial charge in [0.2, 0.25) is 17.7 Å². The van der Waals surface area contributed by atoms with E-state index in [-0.39, 0.29) is 29.4 Å². The molecule has 0 aromatic heterocycles. The first kappa shape index (κ1) is 26.9. The van der Waals surface area contributed by atoms with Crippen LogP contribution in [-0.2, 0) is 14.4 Å². The van der Waals surface area contributed by atoms with Crippen molar-refractivity contribution in [2.75, 3.05) is 19.4 Å². The summed E-state index contributed by atoms with van der Waals surface area (Å²) in [5.74, 6) is 0.696. The zero-order valence-corrected chi connectivity index (χ0v) is 19.7. The van der Waals surface area contributed by atoms with Crippen LogP contribution in [-0.4, -0.2) is 58.4 Å². The number of amides is 3. The van der Waals surface area contributed by atoms with Gasteiger partial charge < -0.3 is 10.4 Å². The van der Waals surface area contributed by atoms with Crippen LogP contribution in [0.5, 0.6) is 0 Å². The van der Waals surface area contributed by atoms with E-state index in [4.69, 9.17) is 5.11 Å². The SMILES string of the molecule is CC(C)CCO.CSC1CC(=O)N(C(C)C(C)(C)C(=O)NCCC(C)C)C1=O. The van der Waals surface area contributed by atoms with Gasteiger partial charge in [-0.25, -0.2) is 0 Å². The van der Waals surface area contributed by atoms with Crippen molar-refractivity contribution >= 4 is 29.5 Å². The predicted molar refractivity (Wildman–Crippen MR) is 116 cm³/mol. The van der Waals surface area contributed by atoms with Crippen LogP contribution in [0.3, 0.4) is 0 Å². The zero-order valence-electron chi connectivity index (χ0n) is 18.9. The molecule has 2 unspecified atom stereocenters. The van der Waals surface area contributed by atoms with Crippen LogP contribution in [0.2, 0.25) is 0 Å². The van der Waals surface area contributed by atoms with Gasteiger partial charge in [0, 0.05) is 19.6 Å². The van der Waals surface area contributed by atoms with E-state index in [2.05, 4.69) is 33.0 Å². The summed E-state index contributed by atoms with van der Waals surface area (Å²) in [7, 11) is 0. The average molecular weight is 417 g/mol. The fourth-order valence-electron chi connectivity index (χ4n) is 2.69. The van der Waals surface area contributed by atoms with Gasteiger partial charge in [0.25, 0.3) is 0 Å². The van der Waals surface area contributed by atoms with Crippen molar-refractivity contribution in [2.24, 2.45) is 17.3 Å². The van der Waals surface area contributed by atoms with Crippen molar-refractivity contribution < 1.29 is 19.5 Å². The number of thioether (sulfide) groups is 1. The van der Waals surface area contributed by atoms with Gasteiger partial charge in [0.1, 0.15) is 0 Å². The van der Waals surface area contributed by atoms with Crippen molar-refractivity contribution in [1.82, 2.24) is 10.2 Å². The summed E-state index contributed by atoms with van der Waals surface area (Å²) in [6, 6.07) is -0.455. The molecular formula is C21H40N2O4S. The molecule has 3 amide bonds. The second kappa shape index (κ2) is 12.5. The molecule has 2 atom stereocenters. The number of aliphatic hydroxyl groups is 1. The zero-order chi connectivity index (χ0) is 22.1. The van der Waals surface area contributed by atoms with Gasteiger partial charge in [-0.1, -0.05) is 27.7 Å². The summed E-state index contributed by atoms with van der Waals surface area (Å²) >= 11 is 1.39. The molecule has 0 aromatic rings. The lowest BCUT2D eigenvalue weighted by atomic mass is 9.83. The minimum absolute atomic E-state index is 0.117. The molecule has 6 nitrogen and oxygen atoms in total. The van der Waals surface area contributed by atoms with Gasteiger partial charge in [0.15, 0.2) is 0 Å². The third-order valence-corrected chi connectivity index (χ3v) is 6.09. The molecule has 0 aromatic carbocycles. The normalized spacial score (nSPS) is 18.4. The maximum absolute atomic E-state index is 12.4. The highest BCUT2D eigenvalue weighted by Gasteiger charge is 2.47. The molecule has 0 spiro atoms. The van der Waals surface area contributed by atoms with Crippen LogP contribution in [0, 0.1) is 17.3 Å². The molecule has 2 N–H and O–H groups in total. The van der Waals surface area contributed by atoms with E-state index in [0.717, 1.165) is 12.8 Å². The van der Waals surface area contributed by atoms with Crippen LogP contribution >= 0.6 is 11.8 Å². The number of rotatable bonds is 9. The Morgan fingerprint density at radius 3 is 2.07 bits per heavy atom. The number of likely N-dealkylation sites (tertiary alicyclic amines) is 1. The molecule has 1 rings (SSSR count). The molecule has 0 aliphatic carbocycles. The lowest BCUT2D eigenvalue weighted by molar-refractivity contribution is -0.146. The fraction of sp³-hybridized carbons (Fsp3) is 0.857. The largest absolute Gasteiger partial charge is 0.396 e. The summed E-state index contributed by atoms with van der Waals surface area (Å²) in [6.07, 6.45) is 3.90. The number of nitrogens with one attached hydrogen (secondary N) is 1. The minimum Gasteiger partial charge on any atom is -0.396 e. The minimum atomic E-state index is -0.810. The maximum Gasteiger partial charge on any atom is 0.243 e. The number of nitrogens with zero attached hydrogens (tertiary/aromatic N) is 1. The average Bonchev–Trinajstić information content (AvgIpc) is 2.87. The molecule has 0 radical (unpaired) electrons. The number of carbonyl (C=O) groups excluding carboxylic acids is 3. The van der Waals surface area contributed by atoms with Crippen molar-refractivity contribution in [2.45, 2.75) is 79.0 Å². The van der Waals surface area contributed by atoms with E-state index >= 15 is 0 Å². The van der Waals surface area contributed by atoms with Crippen LogP contribution < -0.4 is 5.32 Å². The highest BCUT2D eigenvalue weighted by molar-refractivity contribution is 8.00. The first-order chi connectivity index (χ1) is 12.9. The molecule has 0 saturated carbocycles. The molecule has 0 bridgehead atoms. The second-order valence-corrected chi connectivity index (χ2v) is 9.81. The Labute approximate surface area is 175 Å². The number of imide groups is 1. The predicted octanol–water partition coefficient (Wildman–Crippen LogP) is 3.08. The van der Waals surface area contributed by atoms with E-state index in [1.807, 2.05) is 6.26 Å². The van der Waals surface area contributed by atoms with Crippen LogP contribution in [0.15, 0.2) is 0 Å². The van der Waals surface area contributed by atoms with E-state index in [0.29, 0.717) is 25.0 Å². The number of hydrogen-bond acceptors (Lipinski definition) is 5. The Morgan fingerprint density at radius 1 is 1.18 bits per heavy atom. The smallest absolute Gasteiger partial charge is 0.243 e. The van der Waals surface area contributed by atoms with Crippen molar-refractivity contribution in [1.29, 1.82) is 0 Å². The lowest BCUT2D eigenvalue weighted by Gasteiger charge is -2.35. The van der Waals surface area contributed by atoms with Crippen molar-refractivity contribution in [3.05, 3.63) is 0 Å². The Morgan fingerprint density at radius 2 is 1.71 bits per heavy atom. The molecule has 1 fully saturated rings. The van der Waals surface area contributed by atoms with Gasteiger partial charge >= 0.3 is 0 Å². The highest BCUT2D eigenvalue weighted by Crippen LogP contribution is 2.32. The molecular weight excluding hydrogens is 376 g/mol. The summed E-state index contributed by atoms with van der Waals surface area (Å²) in [6.45, 7) is 14.7. The maximum atomic E-state index is 12.4. The quantitative estimate of drug-likeness (QED) is 0.564. The first-order valence-electron chi connectivity index (χ1n) is 10.2. The first-order valence-corrected chi connectivity index (χ1v) is 11.5. The van der Waals surface area contributed by atoms with Crippen LogP contribution in [0.4, 0.5) is 0 Å². The molecule has 1 aliphatic heterocycles. The lowest BCUT2D eigenvalue weighted by Crippen LogP contribution is -2.53. The molecule has 7 heteroatoms. The van der Waals surface area contributed by atoms with Gasteiger partial charge in [0.05, 0.1) is 16.7 Å². The summed E-state index contributed by atoms with van der Waals surface area (Å²) < 4.78 is 0. The highest BCUT2D eigenvalue weighted by atomic mass is 32.2. The van der Waals surface area contributed by atoms with Crippen LogP contribution in [0.1, 0.15) is 67.7 Å². The molecule has 1 aliphatic rings. The van der Waals surface area contributed by atoms with E-state index in [1.165, 1.54) is 16.7 Å². The Kier molecular flexibility index (Phi) is 12.0. The third kappa shape index (κ3) is 8.11. The van der Waals surface area contributed by atoms with Gasteiger partial charge in [-0.2, -0.15) is 11.8 Å². The van der Waals surface area contributed by atoms with Crippen molar-refractivity contribution in [3.63, 3.8) is 0 Å². The van der Waals surface area contributed by atoms with E-state index < -0.39 is 11.5 Å². The molecule has 164 valence electrons. The summed E-state index contributed by atoms with van der Waals surface area (Å²) in [4.78, 5) is 38.2. The van der Waals surface area contributed by atoms with Crippen molar-refractivity contribution in [3.8, 4) is 0 Å². The standard InChI is InChI=1S/C16H28N2O3S.C5H12O/c1-10(2)7-8-17-15(21)16(4,5)11(3)18-13(19)9-12(22-6)14(18)20;1-5(2)3-4-6/h10-12H,7-9H2,1-6H3,(H,17,21);5-6H,3-4H2,1-2H3. The Bertz CT molecular complexity index is 521. The third-order valence-electron chi connectivity index (χ3n) is 5.16. The monoisotopic (exact) mass is 416 g/mol. The number of hydrogen-bond donors (Lipinski definition) is 2. The molecule has 28 heavy (non-hydrogen) atoms. The Balaban J connectivity index is 0.00000105. The van der Waals surface area contributed by atoms with E-state index in [9.17, 15) is 14.4 Å². The molecule has 1 heterocycles. The number of carbonyl (C=O) groups is 3. The molecule has 1 saturated heterocycles. The second-order valence-electron chi connectivity index (χ2n) is 8.77. The Hall–Kier alpha value is -1.08. The van der Waals surface area contributed by atoms with Crippen LogP contribution in [0.25, 0.3) is 0 Å². The van der Waals surface area contributed by atoms with Gasteiger partial charge in [-0.3, -0.25) is 19.3 Å².